The maximum absolute atomic E-state index is 4.83. The van der Waals surface area contributed by atoms with Crippen LogP contribution in [0.5, 0.6) is 0 Å². The molecule has 0 unspecified atom stereocenters. The molecule has 5 rings (SSSR count). The number of aryl methyl sites for hydroxylation is 1. The van der Waals surface area contributed by atoms with Crippen LogP contribution >= 0.6 is 0 Å². The van der Waals surface area contributed by atoms with Gasteiger partial charge in [0, 0.05) is 73.5 Å². The monoisotopic (exact) mass is 399 g/mol. The lowest BCUT2D eigenvalue weighted by Crippen LogP contribution is -2.44. The van der Waals surface area contributed by atoms with E-state index in [1.54, 1.807) is 4.68 Å². The van der Waals surface area contributed by atoms with Gasteiger partial charge in [-0.1, -0.05) is 24.3 Å². The van der Waals surface area contributed by atoms with Crippen molar-refractivity contribution in [3.63, 3.8) is 0 Å². The van der Waals surface area contributed by atoms with Crippen molar-refractivity contribution in [3.8, 4) is 11.1 Å². The van der Waals surface area contributed by atoms with Crippen molar-refractivity contribution >= 4 is 28.2 Å². The van der Waals surface area contributed by atoms with E-state index in [2.05, 4.69) is 62.6 Å². The van der Waals surface area contributed by atoms with E-state index in [1.165, 1.54) is 5.69 Å². The Morgan fingerprint density at radius 3 is 2.57 bits per heavy atom. The van der Waals surface area contributed by atoms with Crippen LogP contribution in [-0.4, -0.2) is 57.9 Å². The minimum atomic E-state index is 0.592. The van der Waals surface area contributed by atoms with Gasteiger partial charge in [-0.2, -0.15) is 5.10 Å². The lowest BCUT2D eigenvalue weighted by molar-refractivity contribution is 0.313. The quantitative estimate of drug-likeness (QED) is 0.567. The maximum atomic E-state index is 4.83. The molecule has 1 aliphatic heterocycles. The maximum Gasteiger partial charge on any atom is 0.227 e. The van der Waals surface area contributed by atoms with E-state index in [1.807, 2.05) is 37.8 Å². The van der Waals surface area contributed by atoms with Gasteiger partial charge < -0.3 is 15.1 Å². The number of hydrogen-bond acceptors (Lipinski definition) is 6. The summed E-state index contributed by atoms with van der Waals surface area (Å²) in [5.74, 6) is 0.592. The van der Waals surface area contributed by atoms with E-state index in [0.29, 0.717) is 5.95 Å². The summed E-state index contributed by atoms with van der Waals surface area (Å²) in [6.07, 6.45) is 5.74. The van der Waals surface area contributed by atoms with E-state index in [0.717, 1.165) is 53.9 Å². The normalized spacial score (nSPS) is 14.9. The van der Waals surface area contributed by atoms with Gasteiger partial charge >= 0.3 is 0 Å². The van der Waals surface area contributed by atoms with Crippen LogP contribution in [0.25, 0.3) is 22.0 Å². The smallest absolute Gasteiger partial charge is 0.227 e. The van der Waals surface area contributed by atoms with Crippen molar-refractivity contribution in [1.29, 1.82) is 0 Å². The number of nitrogens with one attached hydrogen (secondary N) is 1. The zero-order chi connectivity index (χ0) is 20.5. The topological polar surface area (TPSA) is 62.1 Å². The van der Waals surface area contributed by atoms with Gasteiger partial charge in [0.1, 0.15) is 0 Å². The van der Waals surface area contributed by atoms with Crippen molar-refractivity contribution in [2.45, 2.75) is 0 Å². The molecule has 1 aliphatic rings. The van der Waals surface area contributed by atoms with Crippen molar-refractivity contribution < 1.29 is 0 Å². The van der Waals surface area contributed by atoms with Crippen LogP contribution in [0.2, 0.25) is 0 Å². The van der Waals surface area contributed by atoms with E-state index in [9.17, 15) is 0 Å². The molecule has 0 bridgehead atoms. The molecule has 0 amide bonds. The fraction of sp³-hybridized carbons (Fsp3) is 0.261. The number of anilines is 3. The van der Waals surface area contributed by atoms with Gasteiger partial charge in [-0.05, 0) is 25.2 Å². The highest BCUT2D eigenvalue weighted by Gasteiger charge is 2.15. The molecule has 7 heteroatoms. The van der Waals surface area contributed by atoms with E-state index in [-0.39, 0.29) is 0 Å². The first-order chi connectivity index (χ1) is 14.7. The number of para-hydroxylation sites is 1. The minimum Gasteiger partial charge on any atom is -0.369 e. The molecule has 1 saturated heterocycles. The summed E-state index contributed by atoms with van der Waals surface area (Å²) in [5.41, 5.74) is 5.23. The van der Waals surface area contributed by atoms with Gasteiger partial charge in [0.15, 0.2) is 0 Å². The third-order valence-corrected chi connectivity index (χ3v) is 5.60. The Labute approximate surface area is 176 Å². The molecule has 30 heavy (non-hydrogen) atoms. The van der Waals surface area contributed by atoms with Crippen molar-refractivity contribution in [2.75, 3.05) is 43.4 Å². The molecular weight excluding hydrogens is 374 g/mol. The Morgan fingerprint density at radius 1 is 0.933 bits per heavy atom. The molecule has 2 aromatic carbocycles. The number of aromatic nitrogens is 4. The first-order valence-corrected chi connectivity index (χ1v) is 10.2. The number of rotatable bonds is 4. The van der Waals surface area contributed by atoms with Crippen LogP contribution in [0.15, 0.2) is 61.1 Å². The highest BCUT2D eigenvalue weighted by Crippen LogP contribution is 2.28. The van der Waals surface area contributed by atoms with Gasteiger partial charge in [-0.25, -0.2) is 9.97 Å². The third-order valence-electron chi connectivity index (χ3n) is 5.60. The highest BCUT2D eigenvalue weighted by molar-refractivity contribution is 5.93. The second-order valence-electron chi connectivity index (χ2n) is 7.81. The SMILES string of the molecule is CN1CCN(c2cccc(Nc3ncc4cccc(-c5cnn(C)c5)c4n3)c2)CC1. The highest BCUT2D eigenvalue weighted by atomic mass is 15.3. The zero-order valence-corrected chi connectivity index (χ0v) is 17.3. The summed E-state index contributed by atoms with van der Waals surface area (Å²) in [6.45, 7) is 4.26. The number of likely N-dealkylation sites (N-methyl/N-ethyl adjacent to an activating group) is 1. The second kappa shape index (κ2) is 7.76. The first kappa shape index (κ1) is 18.6. The van der Waals surface area contributed by atoms with Crippen molar-refractivity contribution in [1.82, 2.24) is 24.6 Å². The zero-order valence-electron chi connectivity index (χ0n) is 17.3. The summed E-state index contributed by atoms with van der Waals surface area (Å²) in [4.78, 5) is 14.1. The summed E-state index contributed by atoms with van der Waals surface area (Å²) in [6, 6.07) is 14.6. The van der Waals surface area contributed by atoms with Crippen molar-refractivity contribution in [2.24, 2.45) is 7.05 Å². The molecule has 3 heterocycles. The third kappa shape index (κ3) is 3.71. The summed E-state index contributed by atoms with van der Waals surface area (Å²) >= 11 is 0. The number of hydrogen-bond donors (Lipinski definition) is 1. The van der Waals surface area contributed by atoms with Crippen LogP contribution in [0, 0.1) is 0 Å². The number of benzene rings is 2. The Hall–Kier alpha value is -3.45. The van der Waals surface area contributed by atoms with Gasteiger partial charge in [0.2, 0.25) is 5.95 Å². The minimum absolute atomic E-state index is 0.592. The molecule has 0 radical (unpaired) electrons. The molecule has 7 nitrogen and oxygen atoms in total. The first-order valence-electron chi connectivity index (χ1n) is 10.2. The van der Waals surface area contributed by atoms with Crippen LogP contribution in [0.4, 0.5) is 17.3 Å². The van der Waals surface area contributed by atoms with Crippen molar-refractivity contribution in [3.05, 3.63) is 61.1 Å². The van der Waals surface area contributed by atoms with Crippen LogP contribution in [0.1, 0.15) is 0 Å². The Morgan fingerprint density at radius 2 is 1.77 bits per heavy atom. The van der Waals surface area contributed by atoms with E-state index < -0.39 is 0 Å². The molecule has 0 aliphatic carbocycles. The number of fused-ring (bicyclic) bond motifs is 1. The molecule has 4 aromatic rings. The van der Waals surface area contributed by atoms with Crippen LogP contribution < -0.4 is 10.2 Å². The van der Waals surface area contributed by atoms with Crippen LogP contribution in [-0.2, 0) is 7.05 Å². The molecule has 2 aromatic heterocycles. The van der Waals surface area contributed by atoms with E-state index >= 15 is 0 Å². The Bertz CT molecular complexity index is 1180. The lowest BCUT2D eigenvalue weighted by atomic mass is 10.1. The molecule has 0 saturated carbocycles. The van der Waals surface area contributed by atoms with Crippen LogP contribution in [0.3, 0.4) is 0 Å². The van der Waals surface area contributed by atoms with Gasteiger partial charge in [0.05, 0.1) is 11.7 Å². The number of piperazine rings is 1. The van der Waals surface area contributed by atoms with E-state index in [4.69, 9.17) is 4.98 Å². The molecule has 0 atom stereocenters. The fourth-order valence-electron chi connectivity index (χ4n) is 3.88. The average Bonchev–Trinajstić information content (AvgIpc) is 3.20. The number of nitrogens with zero attached hydrogens (tertiary/aromatic N) is 6. The second-order valence-corrected chi connectivity index (χ2v) is 7.81. The Balaban J connectivity index is 1.44. The summed E-state index contributed by atoms with van der Waals surface area (Å²) in [7, 11) is 4.09. The summed E-state index contributed by atoms with van der Waals surface area (Å²) < 4.78 is 1.80. The predicted molar refractivity (Wildman–Crippen MR) is 121 cm³/mol. The molecule has 152 valence electrons. The molecular formula is C23H25N7. The molecule has 1 fully saturated rings. The van der Waals surface area contributed by atoms with Gasteiger partial charge in [0.25, 0.3) is 0 Å². The standard InChI is InChI=1S/C23H25N7/c1-28-9-11-30(12-10-28)20-7-4-6-19(13-20)26-23-24-14-17-5-3-8-21(22(17)27-23)18-15-25-29(2)16-18/h3-8,13-16H,9-12H2,1-2H3,(H,24,26,27). The van der Waals surface area contributed by atoms with Gasteiger partial charge in [-0.15, -0.1) is 0 Å². The average molecular weight is 400 g/mol. The fourth-order valence-corrected chi connectivity index (χ4v) is 3.88. The summed E-state index contributed by atoms with van der Waals surface area (Å²) in [5, 5.41) is 8.69. The largest absolute Gasteiger partial charge is 0.369 e. The predicted octanol–water partition coefficient (Wildman–Crippen LogP) is 3.53. The Kier molecular flexibility index (Phi) is 4.80. The molecule has 0 spiro atoms. The molecule has 1 N–H and O–H groups in total. The lowest BCUT2D eigenvalue weighted by Gasteiger charge is -2.34. The van der Waals surface area contributed by atoms with Gasteiger partial charge in [-0.3, -0.25) is 4.68 Å².